The fraction of sp³-hybridized carbons (Fsp3) is 0.333. The topological polar surface area (TPSA) is 26.0 Å². The van der Waals surface area contributed by atoms with Gasteiger partial charge in [-0.05, 0) is 23.9 Å². The zero-order valence-corrected chi connectivity index (χ0v) is 6.30. The second kappa shape index (κ2) is 3.24. The Kier molecular flexibility index (Phi) is 0.731. The Morgan fingerprint density at radius 2 is 2.36 bits per heavy atom. The summed E-state index contributed by atoms with van der Waals surface area (Å²) in [7, 11) is 0. The summed E-state index contributed by atoms with van der Waals surface area (Å²) in [4.78, 5) is 0. The predicted molar refractivity (Wildman–Crippen MR) is 48.9 cm³/mol. The highest BCUT2D eigenvalue weighted by molar-refractivity contribution is 5.85. The van der Waals surface area contributed by atoms with Crippen LogP contribution in [0.5, 0.6) is 0 Å². The molecule has 1 aromatic rings. The number of hydrogen-bond donors (Lipinski definition) is 1. The summed E-state index contributed by atoms with van der Waals surface area (Å²) in [5.41, 5.74) is 4.45. The first-order valence-corrected chi connectivity index (χ1v) is 2.79. The molecular formula is C9H12ClN. The van der Waals surface area contributed by atoms with Crippen LogP contribution in [-0.4, -0.2) is 0 Å². The predicted octanol–water partition coefficient (Wildman–Crippen LogP) is 2.05. The van der Waals surface area contributed by atoms with Crippen LogP contribution in [0.3, 0.4) is 0 Å². The van der Waals surface area contributed by atoms with E-state index in [-0.39, 0.29) is 12.4 Å². The van der Waals surface area contributed by atoms with Crippen molar-refractivity contribution in [1.82, 2.24) is 0 Å². The average molecular weight is 179 g/mol. The fourth-order valence-electron chi connectivity index (χ4n) is 0.801. The monoisotopic (exact) mass is 178 g/mol. The Hall–Kier alpha value is -0.530. The van der Waals surface area contributed by atoms with Crippen molar-refractivity contribution in [2.24, 2.45) is 5.73 Å². The van der Waals surface area contributed by atoms with E-state index < -0.39 is 54.1 Å². The molecule has 0 aliphatic heterocycles. The fourth-order valence-corrected chi connectivity index (χ4v) is 0.801. The molecule has 2 N–H and O–H groups in total. The van der Waals surface area contributed by atoms with Crippen LogP contribution in [-0.2, 0) is 6.37 Å². The molecule has 1 aliphatic carbocycles. The Bertz CT molecular complexity index is 535. The normalized spacial score (nSPS) is 48.3. The van der Waals surface area contributed by atoms with Gasteiger partial charge in [0, 0.05) is 11.5 Å². The van der Waals surface area contributed by atoms with E-state index in [0.29, 0.717) is 0 Å². The van der Waals surface area contributed by atoms with Gasteiger partial charge >= 0.3 is 0 Å². The Labute approximate surface area is 85.7 Å². The van der Waals surface area contributed by atoms with Gasteiger partial charge in [0.05, 0.1) is 6.85 Å². The van der Waals surface area contributed by atoms with Crippen molar-refractivity contribution in [2.75, 3.05) is 0 Å². The molecule has 0 radical (unpaired) electrons. The van der Waals surface area contributed by atoms with Gasteiger partial charge in [0.15, 0.2) is 0 Å². The summed E-state index contributed by atoms with van der Waals surface area (Å²) in [5.74, 6) is 0. The largest absolute Gasteiger partial charge is 0.324 e. The summed E-state index contributed by atoms with van der Waals surface area (Å²) in [5, 5.41) is 0. The van der Waals surface area contributed by atoms with Gasteiger partial charge in [-0.15, -0.1) is 12.4 Å². The minimum atomic E-state index is -2.87. The zero-order chi connectivity index (χ0) is 15.0. The molecule has 1 nitrogen and oxygen atoms in total. The highest BCUT2D eigenvalue weighted by Crippen LogP contribution is 2.28. The van der Waals surface area contributed by atoms with Crippen LogP contribution in [0.15, 0.2) is 24.2 Å². The summed E-state index contributed by atoms with van der Waals surface area (Å²) in [6, 6.07) is -5.26. The third-order valence-corrected chi connectivity index (χ3v) is 1.28. The van der Waals surface area contributed by atoms with E-state index in [1.165, 1.54) is 0 Å². The van der Waals surface area contributed by atoms with E-state index in [1.807, 2.05) is 0 Å². The van der Waals surface area contributed by atoms with Crippen LogP contribution in [0.2, 0.25) is 0 Å². The first kappa shape index (κ1) is 2.48. The van der Waals surface area contributed by atoms with E-state index in [2.05, 4.69) is 0 Å². The molecule has 0 bridgehead atoms. The molecule has 0 fully saturated rings. The van der Waals surface area contributed by atoms with Crippen LogP contribution in [0, 0.1) is 0 Å². The molecule has 2 heteroatoms. The van der Waals surface area contributed by atoms with E-state index in [4.69, 9.17) is 18.1 Å². The van der Waals surface area contributed by atoms with Gasteiger partial charge in [-0.25, -0.2) is 0 Å². The van der Waals surface area contributed by atoms with Gasteiger partial charge in [-0.1, -0.05) is 24.2 Å². The lowest BCUT2D eigenvalue weighted by molar-refractivity contribution is 0.713. The van der Waals surface area contributed by atoms with Crippen molar-refractivity contribution < 1.29 is 12.3 Å². The van der Waals surface area contributed by atoms with Gasteiger partial charge in [-0.3, -0.25) is 0 Å². The Balaban J connectivity index is 0.00000200. The highest BCUT2D eigenvalue weighted by atomic mass is 35.5. The van der Waals surface area contributed by atoms with Crippen molar-refractivity contribution in [2.45, 2.75) is 18.8 Å². The zero-order valence-electron chi connectivity index (χ0n) is 14.5. The van der Waals surface area contributed by atoms with Gasteiger partial charge in [-0.2, -0.15) is 0 Å². The summed E-state index contributed by atoms with van der Waals surface area (Å²) in [6.07, 6.45) is -5.64. The number of nitrogens with two attached hydrogens (primary N) is 1. The first-order valence-electron chi connectivity index (χ1n) is 7.29. The van der Waals surface area contributed by atoms with Crippen molar-refractivity contribution in [3.63, 3.8) is 0 Å². The Morgan fingerprint density at radius 1 is 1.64 bits per heavy atom. The second-order valence-electron chi connectivity index (χ2n) is 1.91. The molecule has 1 atom stereocenters. The number of hydrogen-bond acceptors (Lipinski definition) is 1. The van der Waals surface area contributed by atoms with Gasteiger partial charge < -0.3 is 5.73 Å². The molecular weight excluding hydrogens is 158 g/mol. The molecule has 11 heavy (non-hydrogen) atoms. The molecule has 1 aromatic carbocycles. The van der Waals surface area contributed by atoms with Crippen LogP contribution in [0.1, 0.15) is 35.9 Å². The van der Waals surface area contributed by atoms with E-state index in [9.17, 15) is 0 Å². The highest BCUT2D eigenvalue weighted by Gasteiger charge is 2.16. The van der Waals surface area contributed by atoms with E-state index in [0.717, 1.165) is 0 Å². The summed E-state index contributed by atoms with van der Waals surface area (Å²) in [6.45, 7) is 0. The number of halogens is 1. The molecule has 0 saturated carbocycles. The quantitative estimate of drug-likeness (QED) is 0.647. The van der Waals surface area contributed by atoms with Crippen LogP contribution >= 0.6 is 12.4 Å². The lowest BCUT2D eigenvalue weighted by Gasteiger charge is -2.01. The maximum Gasteiger partial charge on any atom is 0.0626 e. The van der Waals surface area contributed by atoms with Crippen molar-refractivity contribution in [1.29, 1.82) is 0 Å². The maximum atomic E-state index is 7.85. The van der Waals surface area contributed by atoms with Crippen LogP contribution in [0.25, 0.3) is 0 Å². The minimum absolute atomic E-state index is 0. The summed E-state index contributed by atoms with van der Waals surface area (Å²) < 4.78 is 69.2. The van der Waals surface area contributed by atoms with Gasteiger partial charge in [0.25, 0.3) is 0 Å². The molecule has 0 amide bonds. The standard InChI is InChI=1S/C9H11N.ClH/c10-9-6-5-7-3-1-2-4-8(7)9;/h1-4,9H,5-6,10H2;1H/i1D,2D,3D,4D,5D2,6D2,9D;. The lowest BCUT2D eigenvalue weighted by atomic mass is 10.1. The maximum absolute atomic E-state index is 7.85. The second-order valence-corrected chi connectivity index (χ2v) is 1.91. The third kappa shape index (κ3) is 1.39. The summed E-state index contributed by atoms with van der Waals surface area (Å²) >= 11 is 0. The number of fused-ring (bicyclic) bond motifs is 1. The average Bonchev–Trinajstić information content (AvgIpc) is 2.39. The number of rotatable bonds is 0. The van der Waals surface area contributed by atoms with Crippen molar-refractivity contribution in [3.05, 3.63) is 35.3 Å². The SMILES string of the molecule is Cl.[2H]c1c([2H])c([2H])c2c(c1[2H])C([2H])([2H])C([2H])([2H])C2([2H])N. The van der Waals surface area contributed by atoms with Crippen LogP contribution < -0.4 is 5.73 Å². The molecule has 1 aliphatic rings. The Morgan fingerprint density at radius 3 is 3.18 bits per heavy atom. The molecule has 60 valence electrons. The molecule has 2 rings (SSSR count). The molecule has 0 heterocycles. The molecule has 1 unspecified atom stereocenters. The molecule has 0 aromatic heterocycles. The first-order chi connectivity index (χ1) is 8.39. The molecule has 0 saturated heterocycles. The third-order valence-electron chi connectivity index (χ3n) is 1.28. The number of benzene rings is 1. The smallest absolute Gasteiger partial charge is 0.0626 e. The lowest BCUT2D eigenvalue weighted by Crippen LogP contribution is -2.04. The van der Waals surface area contributed by atoms with E-state index in [1.54, 1.807) is 0 Å². The van der Waals surface area contributed by atoms with Gasteiger partial charge in [0.2, 0.25) is 0 Å². The van der Waals surface area contributed by atoms with E-state index >= 15 is 0 Å². The van der Waals surface area contributed by atoms with Crippen LogP contribution in [0.4, 0.5) is 0 Å². The van der Waals surface area contributed by atoms with Crippen molar-refractivity contribution >= 4 is 12.4 Å². The minimum Gasteiger partial charge on any atom is -0.324 e. The van der Waals surface area contributed by atoms with Crippen molar-refractivity contribution in [3.8, 4) is 0 Å². The van der Waals surface area contributed by atoms with Gasteiger partial charge in [0.1, 0.15) is 0 Å². The molecule has 0 spiro atoms.